The first-order valence-corrected chi connectivity index (χ1v) is 7.83. The highest BCUT2D eigenvalue weighted by Gasteiger charge is 2.09. The van der Waals surface area contributed by atoms with Crippen LogP contribution in [0.4, 0.5) is 0 Å². The van der Waals surface area contributed by atoms with Crippen molar-refractivity contribution in [1.82, 2.24) is 4.57 Å². The summed E-state index contributed by atoms with van der Waals surface area (Å²) >= 11 is 0. The number of hydrogen-bond acceptors (Lipinski definition) is 4. The summed E-state index contributed by atoms with van der Waals surface area (Å²) < 4.78 is 24.3. The minimum atomic E-state index is -2.97. The summed E-state index contributed by atoms with van der Waals surface area (Å²) in [5.74, 6) is 0.256. The van der Waals surface area contributed by atoms with Crippen LogP contribution in [0, 0.1) is 6.92 Å². The molecule has 6 heteroatoms. The van der Waals surface area contributed by atoms with E-state index in [1.54, 1.807) is 17.6 Å². The standard InChI is InChI=1S/C12H20N2O3S/c1-3-18(16,17)8-4-7-14-10(2)5-6-11(9-13)12(14)15/h5-6H,3-4,7-9,13H2,1-2H3. The fourth-order valence-electron chi connectivity index (χ4n) is 1.74. The molecule has 0 amide bonds. The van der Waals surface area contributed by atoms with Gasteiger partial charge in [-0.1, -0.05) is 13.0 Å². The molecule has 1 heterocycles. The van der Waals surface area contributed by atoms with Crippen LogP contribution in [0.3, 0.4) is 0 Å². The molecule has 0 saturated carbocycles. The number of nitrogens with two attached hydrogens (primary N) is 1. The normalized spacial score (nSPS) is 11.7. The maximum absolute atomic E-state index is 12.0. The highest BCUT2D eigenvalue weighted by Crippen LogP contribution is 2.01. The molecule has 102 valence electrons. The largest absolute Gasteiger partial charge is 0.326 e. The van der Waals surface area contributed by atoms with Crippen LogP contribution in [0.15, 0.2) is 16.9 Å². The average Bonchev–Trinajstić information content (AvgIpc) is 2.33. The van der Waals surface area contributed by atoms with Gasteiger partial charge in [-0.25, -0.2) is 8.42 Å². The van der Waals surface area contributed by atoms with E-state index in [0.717, 1.165) is 5.69 Å². The lowest BCUT2D eigenvalue weighted by atomic mass is 10.2. The molecule has 0 aliphatic heterocycles. The highest BCUT2D eigenvalue weighted by molar-refractivity contribution is 7.91. The molecule has 0 aromatic carbocycles. The fraction of sp³-hybridized carbons (Fsp3) is 0.583. The van der Waals surface area contributed by atoms with Gasteiger partial charge in [0, 0.05) is 30.1 Å². The summed E-state index contributed by atoms with van der Waals surface area (Å²) in [4.78, 5) is 12.0. The number of sulfone groups is 1. The first kappa shape index (κ1) is 14.9. The van der Waals surface area contributed by atoms with Gasteiger partial charge >= 0.3 is 0 Å². The predicted molar refractivity (Wildman–Crippen MR) is 72.3 cm³/mol. The number of nitrogens with zero attached hydrogens (tertiary/aromatic N) is 1. The van der Waals surface area contributed by atoms with Gasteiger partial charge in [-0.3, -0.25) is 4.79 Å². The Morgan fingerprint density at radius 2 is 2.00 bits per heavy atom. The lowest BCUT2D eigenvalue weighted by Crippen LogP contribution is -2.27. The molecule has 0 aliphatic rings. The summed E-state index contributed by atoms with van der Waals surface area (Å²) in [5.41, 5.74) is 6.74. The molecule has 1 aromatic rings. The van der Waals surface area contributed by atoms with Crippen molar-refractivity contribution in [3.63, 3.8) is 0 Å². The molecule has 5 nitrogen and oxygen atoms in total. The Bertz CT molecular complexity index is 561. The minimum absolute atomic E-state index is 0.113. The maximum Gasteiger partial charge on any atom is 0.255 e. The Morgan fingerprint density at radius 3 is 2.56 bits per heavy atom. The van der Waals surface area contributed by atoms with Gasteiger partial charge in [-0.05, 0) is 19.4 Å². The van der Waals surface area contributed by atoms with Gasteiger partial charge in [0.25, 0.3) is 5.56 Å². The molecule has 0 aliphatic carbocycles. The molecule has 0 unspecified atom stereocenters. The van der Waals surface area contributed by atoms with Crippen LogP contribution in [-0.4, -0.2) is 24.5 Å². The molecular formula is C12H20N2O3S. The van der Waals surface area contributed by atoms with Gasteiger partial charge in [0.05, 0.1) is 5.75 Å². The van der Waals surface area contributed by atoms with Gasteiger partial charge in [0.1, 0.15) is 9.84 Å². The monoisotopic (exact) mass is 272 g/mol. The third-order valence-electron chi connectivity index (χ3n) is 2.97. The number of hydrogen-bond donors (Lipinski definition) is 1. The lowest BCUT2D eigenvalue weighted by molar-refractivity contribution is 0.581. The van der Waals surface area contributed by atoms with Crippen LogP contribution in [0.2, 0.25) is 0 Å². The van der Waals surface area contributed by atoms with Crippen molar-refractivity contribution in [3.8, 4) is 0 Å². The van der Waals surface area contributed by atoms with E-state index in [9.17, 15) is 13.2 Å². The SMILES string of the molecule is CCS(=O)(=O)CCCn1c(C)ccc(CN)c1=O. The Balaban J connectivity index is 2.83. The van der Waals surface area contributed by atoms with E-state index in [4.69, 9.17) is 5.73 Å². The third kappa shape index (κ3) is 3.68. The Labute approximate surface area is 108 Å². The quantitative estimate of drug-likeness (QED) is 0.814. The fourth-order valence-corrected chi connectivity index (χ4v) is 2.59. The average molecular weight is 272 g/mol. The highest BCUT2D eigenvalue weighted by atomic mass is 32.2. The molecule has 0 atom stereocenters. The van der Waals surface area contributed by atoms with Crippen molar-refractivity contribution in [2.24, 2.45) is 5.73 Å². The molecule has 1 rings (SSSR count). The maximum atomic E-state index is 12.0. The van der Waals surface area contributed by atoms with E-state index < -0.39 is 9.84 Å². The van der Waals surface area contributed by atoms with Crippen molar-refractivity contribution in [2.75, 3.05) is 11.5 Å². The van der Waals surface area contributed by atoms with Crippen molar-refractivity contribution in [2.45, 2.75) is 33.4 Å². The smallest absolute Gasteiger partial charge is 0.255 e. The van der Waals surface area contributed by atoms with Crippen molar-refractivity contribution < 1.29 is 8.42 Å². The van der Waals surface area contributed by atoms with Crippen LogP contribution in [0.1, 0.15) is 24.6 Å². The van der Waals surface area contributed by atoms with E-state index in [1.165, 1.54) is 0 Å². The first-order valence-electron chi connectivity index (χ1n) is 6.01. The second kappa shape index (κ2) is 6.15. The lowest BCUT2D eigenvalue weighted by Gasteiger charge is -2.11. The first-order chi connectivity index (χ1) is 8.41. The van der Waals surface area contributed by atoms with Gasteiger partial charge < -0.3 is 10.3 Å². The molecule has 0 radical (unpaired) electrons. The summed E-state index contributed by atoms with van der Waals surface area (Å²) in [7, 11) is -2.97. The predicted octanol–water partition coefficient (Wildman–Crippen LogP) is 0.440. The summed E-state index contributed by atoms with van der Waals surface area (Å²) in [6, 6.07) is 3.55. The Hall–Kier alpha value is -1.14. The van der Waals surface area contributed by atoms with Crippen molar-refractivity contribution >= 4 is 9.84 Å². The number of pyridine rings is 1. The molecule has 1 aromatic heterocycles. The molecule has 0 spiro atoms. The molecule has 0 fully saturated rings. The van der Waals surface area contributed by atoms with Gasteiger partial charge in [-0.15, -0.1) is 0 Å². The summed E-state index contributed by atoms with van der Waals surface area (Å²) in [5, 5.41) is 0. The number of rotatable bonds is 6. The molecule has 2 N–H and O–H groups in total. The minimum Gasteiger partial charge on any atom is -0.326 e. The second-order valence-electron chi connectivity index (χ2n) is 4.25. The van der Waals surface area contributed by atoms with Crippen LogP contribution in [0.25, 0.3) is 0 Å². The third-order valence-corrected chi connectivity index (χ3v) is 4.76. The van der Waals surface area contributed by atoms with Crippen molar-refractivity contribution in [3.05, 3.63) is 33.7 Å². The zero-order valence-electron chi connectivity index (χ0n) is 10.8. The summed E-state index contributed by atoms with van der Waals surface area (Å²) in [6.45, 7) is 4.07. The Kier molecular flexibility index (Phi) is 5.10. The van der Waals surface area contributed by atoms with Crippen LogP contribution in [0.5, 0.6) is 0 Å². The molecular weight excluding hydrogens is 252 g/mol. The van der Waals surface area contributed by atoms with E-state index in [2.05, 4.69) is 0 Å². The summed E-state index contributed by atoms with van der Waals surface area (Å²) in [6.07, 6.45) is 0.449. The van der Waals surface area contributed by atoms with E-state index >= 15 is 0 Å². The number of aryl methyl sites for hydroxylation is 1. The molecule has 0 bridgehead atoms. The zero-order valence-corrected chi connectivity index (χ0v) is 11.7. The van der Waals surface area contributed by atoms with E-state index in [-0.39, 0.29) is 23.6 Å². The van der Waals surface area contributed by atoms with Crippen molar-refractivity contribution in [1.29, 1.82) is 0 Å². The van der Waals surface area contributed by atoms with Gasteiger partial charge in [-0.2, -0.15) is 0 Å². The van der Waals surface area contributed by atoms with E-state index in [1.807, 2.05) is 13.0 Å². The van der Waals surface area contributed by atoms with Gasteiger partial charge in [0.2, 0.25) is 0 Å². The van der Waals surface area contributed by atoms with Crippen LogP contribution in [-0.2, 0) is 22.9 Å². The zero-order chi connectivity index (χ0) is 13.8. The molecule has 18 heavy (non-hydrogen) atoms. The second-order valence-corrected chi connectivity index (χ2v) is 6.72. The van der Waals surface area contributed by atoms with Gasteiger partial charge in [0.15, 0.2) is 0 Å². The van der Waals surface area contributed by atoms with E-state index in [0.29, 0.717) is 18.5 Å². The van der Waals surface area contributed by atoms with Crippen LogP contribution >= 0.6 is 0 Å². The number of aromatic nitrogens is 1. The molecule has 0 saturated heterocycles. The van der Waals surface area contributed by atoms with Crippen LogP contribution < -0.4 is 11.3 Å². The topological polar surface area (TPSA) is 82.2 Å². The Morgan fingerprint density at radius 1 is 1.33 bits per heavy atom.